The van der Waals surface area contributed by atoms with Crippen molar-refractivity contribution in [3.05, 3.63) is 24.3 Å². The third kappa shape index (κ3) is 1.58. The Morgan fingerprint density at radius 2 is 2.36 bits per heavy atom. The molecule has 1 aliphatic rings. The van der Waals surface area contributed by atoms with Crippen molar-refractivity contribution in [3.63, 3.8) is 0 Å². The Hall–Kier alpha value is -1.49. The summed E-state index contributed by atoms with van der Waals surface area (Å²) in [5, 5.41) is 2.43. The highest BCUT2D eigenvalue weighted by Crippen LogP contribution is 2.33. The molecule has 1 aromatic heterocycles. The maximum Gasteiger partial charge on any atom is 0.244 e. The van der Waals surface area contributed by atoms with Crippen LogP contribution in [0.15, 0.2) is 18.5 Å². The van der Waals surface area contributed by atoms with E-state index in [1.54, 1.807) is 0 Å². The Morgan fingerprint density at radius 1 is 1.64 bits per heavy atom. The van der Waals surface area contributed by atoms with Crippen LogP contribution in [0.4, 0.5) is 10.1 Å². The number of hydrogen-bond donors (Lipinski definition) is 2. The quantitative estimate of drug-likeness (QED) is 0.728. The number of nitrogens with one attached hydrogen (secondary N) is 1. The van der Waals surface area contributed by atoms with Gasteiger partial charge in [-0.3, -0.25) is 9.78 Å². The fraction of sp³-hybridized carbons (Fsp3) is 0.333. The first-order valence-corrected chi connectivity index (χ1v) is 4.32. The van der Waals surface area contributed by atoms with Crippen LogP contribution >= 0.6 is 0 Å². The summed E-state index contributed by atoms with van der Waals surface area (Å²) >= 11 is 0. The molecule has 2 rings (SSSR count). The predicted molar refractivity (Wildman–Crippen MR) is 49.0 cm³/mol. The highest BCUT2D eigenvalue weighted by atomic mass is 19.1. The maximum absolute atomic E-state index is 13.0. The third-order valence-corrected chi connectivity index (χ3v) is 2.26. The zero-order chi connectivity index (χ0) is 10.2. The van der Waals surface area contributed by atoms with Gasteiger partial charge in [0.1, 0.15) is 0 Å². The predicted octanol–water partition coefficient (Wildman–Crippen LogP) is 0.650. The number of halogens is 1. The first-order valence-electron chi connectivity index (χ1n) is 4.32. The van der Waals surface area contributed by atoms with Crippen LogP contribution in [0.5, 0.6) is 0 Å². The lowest BCUT2D eigenvalue weighted by Gasteiger charge is -2.09. The Balaban J connectivity index is 2.11. The average Bonchev–Trinajstić information content (AvgIpc) is 2.89. The van der Waals surface area contributed by atoms with E-state index in [1.165, 1.54) is 12.3 Å². The molecular formula is C9H10FN3O. The zero-order valence-corrected chi connectivity index (χ0v) is 7.46. The maximum atomic E-state index is 13.0. The Bertz CT molecular complexity index is 376. The van der Waals surface area contributed by atoms with Crippen molar-refractivity contribution in [1.82, 2.24) is 4.98 Å². The molecule has 0 aliphatic heterocycles. The number of amides is 1. The molecule has 14 heavy (non-hydrogen) atoms. The number of carbonyl (C=O) groups excluding carboxylic acids is 1. The average molecular weight is 195 g/mol. The van der Waals surface area contributed by atoms with Crippen LogP contribution in [0.1, 0.15) is 12.8 Å². The Morgan fingerprint density at radius 3 is 2.93 bits per heavy atom. The van der Waals surface area contributed by atoms with E-state index >= 15 is 0 Å². The van der Waals surface area contributed by atoms with Gasteiger partial charge in [-0.05, 0) is 18.9 Å². The van der Waals surface area contributed by atoms with Gasteiger partial charge in [-0.2, -0.15) is 0 Å². The number of anilines is 1. The number of pyridine rings is 1. The smallest absolute Gasteiger partial charge is 0.244 e. The summed E-state index contributed by atoms with van der Waals surface area (Å²) in [6.45, 7) is 0. The van der Waals surface area contributed by atoms with Crippen molar-refractivity contribution in [2.45, 2.75) is 18.4 Å². The molecule has 4 nitrogen and oxygen atoms in total. The van der Waals surface area contributed by atoms with Crippen LogP contribution in [0.2, 0.25) is 0 Å². The molecule has 0 radical (unpaired) electrons. The number of nitrogens with two attached hydrogens (primary N) is 1. The van der Waals surface area contributed by atoms with E-state index in [0.717, 1.165) is 6.20 Å². The van der Waals surface area contributed by atoms with Crippen molar-refractivity contribution in [2.24, 2.45) is 5.73 Å². The van der Waals surface area contributed by atoms with E-state index < -0.39 is 11.4 Å². The normalized spacial score (nSPS) is 17.6. The molecule has 1 fully saturated rings. The van der Waals surface area contributed by atoms with Crippen molar-refractivity contribution < 1.29 is 9.18 Å². The molecule has 1 heterocycles. The van der Waals surface area contributed by atoms with Crippen molar-refractivity contribution >= 4 is 11.6 Å². The van der Waals surface area contributed by atoms with E-state index in [0.29, 0.717) is 12.8 Å². The molecule has 0 spiro atoms. The summed E-state index contributed by atoms with van der Waals surface area (Å²) in [5.41, 5.74) is 4.98. The molecule has 1 aliphatic carbocycles. The van der Waals surface area contributed by atoms with Gasteiger partial charge in [-0.25, -0.2) is 4.39 Å². The number of rotatable bonds is 2. The molecule has 0 saturated heterocycles. The summed E-state index contributed by atoms with van der Waals surface area (Å²) < 4.78 is 13.0. The second kappa shape index (κ2) is 3.02. The van der Waals surface area contributed by atoms with Gasteiger partial charge < -0.3 is 11.1 Å². The lowest BCUT2D eigenvalue weighted by Crippen LogP contribution is -2.38. The SMILES string of the molecule is NC1(C(=O)Nc2ccncc2F)CC1. The molecule has 1 saturated carbocycles. The van der Waals surface area contributed by atoms with Crippen molar-refractivity contribution in [2.75, 3.05) is 5.32 Å². The van der Waals surface area contributed by atoms with E-state index in [1.807, 2.05) is 0 Å². The van der Waals surface area contributed by atoms with Gasteiger partial charge in [0.05, 0.1) is 17.4 Å². The molecule has 74 valence electrons. The van der Waals surface area contributed by atoms with Crippen LogP contribution in [0, 0.1) is 5.82 Å². The lowest BCUT2D eigenvalue weighted by molar-refractivity contribution is -0.118. The number of nitrogens with zero attached hydrogens (tertiary/aromatic N) is 1. The first kappa shape index (κ1) is 9.08. The Kier molecular flexibility index (Phi) is 1.96. The molecule has 5 heteroatoms. The van der Waals surface area contributed by atoms with Crippen LogP contribution in [-0.4, -0.2) is 16.4 Å². The van der Waals surface area contributed by atoms with E-state index in [-0.39, 0.29) is 11.6 Å². The van der Waals surface area contributed by atoms with Gasteiger partial charge in [0.15, 0.2) is 5.82 Å². The van der Waals surface area contributed by atoms with Gasteiger partial charge in [-0.1, -0.05) is 0 Å². The van der Waals surface area contributed by atoms with Gasteiger partial charge >= 0.3 is 0 Å². The van der Waals surface area contributed by atoms with Crippen LogP contribution < -0.4 is 11.1 Å². The third-order valence-electron chi connectivity index (χ3n) is 2.26. The molecule has 1 amide bonds. The monoisotopic (exact) mass is 195 g/mol. The fourth-order valence-electron chi connectivity index (χ4n) is 1.09. The van der Waals surface area contributed by atoms with Crippen LogP contribution in [0.3, 0.4) is 0 Å². The molecule has 1 aromatic rings. The highest BCUT2D eigenvalue weighted by Gasteiger charge is 2.46. The minimum absolute atomic E-state index is 0.127. The molecular weight excluding hydrogens is 185 g/mol. The minimum atomic E-state index is -0.782. The molecule has 3 N–H and O–H groups in total. The summed E-state index contributed by atoms with van der Waals surface area (Å²) in [6, 6.07) is 1.40. The number of carbonyl (C=O) groups is 1. The molecule has 0 aromatic carbocycles. The lowest BCUT2D eigenvalue weighted by atomic mass is 10.2. The summed E-state index contributed by atoms with van der Waals surface area (Å²) in [4.78, 5) is 15.0. The van der Waals surface area contributed by atoms with E-state index in [2.05, 4.69) is 10.3 Å². The molecule has 0 bridgehead atoms. The van der Waals surface area contributed by atoms with Crippen LogP contribution in [-0.2, 0) is 4.79 Å². The summed E-state index contributed by atoms with van der Waals surface area (Å²) in [5.74, 6) is -0.882. The van der Waals surface area contributed by atoms with Crippen molar-refractivity contribution in [3.8, 4) is 0 Å². The second-order valence-electron chi connectivity index (χ2n) is 3.47. The highest BCUT2D eigenvalue weighted by molar-refractivity contribution is 6.00. The van der Waals surface area contributed by atoms with Gasteiger partial charge in [-0.15, -0.1) is 0 Å². The van der Waals surface area contributed by atoms with Gasteiger partial charge in [0, 0.05) is 6.20 Å². The number of aromatic nitrogens is 1. The summed E-state index contributed by atoms with van der Waals surface area (Å²) in [6.07, 6.45) is 3.78. The van der Waals surface area contributed by atoms with Gasteiger partial charge in [0.25, 0.3) is 0 Å². The zero-order valence-electron chi connectivity index (χ0n) is 7.46. The number of hydrogen-bond acceptors (Lipinski definition) is 3. The second-order valence-corrected chi connectivity index (χ2v) is 3.47. The molecule has 0 unspecified atom stereocenters. The van der Waals surface area contributed by atoms with E-state index in [9.17, 15) is 9.18 Å². The summed E-state index contributed by atoms with van der Waals surface area (Å²) in [7, 11) is 0. The van der Waals surface area contributed by atoms with Gasteiger partial charge in [0.2, 0.25) is 5.91 Å². The first-order chi connectivity index (χ1) is 6.62. The Labute approximate surface area is 80.3 Å². The van der Waals surface area contributed by atoms with Crippen LogP contribution in [0.25, 0.3) is 0 Å². The molecule has 0 atom stereocenters. The topological polar surface area (TPSA) is 68.0 Å². The largest absolute Gasteiger partial charge is 0.322 e. The fourth-order valence-corrected chi connectivity index (χ4v) is 1.09. The van der Waals surface area contributed by atoms with E-state index in [4.69, 9.17) is 5.73 Å². The standard InChI is InChI=1S/C9H10FN3O/c10-6-5-12-4-1-7(6)13-8(14)9(11)2-3-9/h1,4-5H,2-3,11H2,(H,12,13,14). The minimum Gasteiger partial charge on any atom is -0.322 e. The van der Waals surface area contributed by atoms with Crippen molar-refractivity contribution in [1.29, 1.82) is 0 Å².